The van der Waals surface area contributed by atoms with E-state index in [1.807, 2.05) is 6.08 Å². The fourth-order valence-electron chi connectivity index (χ4n) is 1.72. The molecule has 0 heterocycles. The Morgan fingerprint density at radius 3 is 2.67 bits per heavy atom. The van der Waals surface area contributed by atoms with Gasteiger partial charge < -0.3 is 4.74 Å². The third-order valence-electron chi connectivity index (χ3n) is 2.24. The highest BCUT2D eigenvalue weighted by molar-refractivity contribution is 5.32. The van der Waals surface area contributed by atoms with E-state index < -0.39 is 0 Å². The van der Waals surface area contributed by atoms with Crippen LogP contribution < -0.4 is 0 Å². The van der Waals surface area contributed by atoms with Gasteiger partial charge in [0.1, 0.15) is 0 Å². The highest BCUT2D eigenvalue weighted by atomic mass is 16.5. The van der Waals surface area contributed by atoms with Gasteiger partial charge in [0.05, 0.1) is 6.10 Å². The van der Waals surface area contributed by atoms with E-state index in [4.69, 9.17) is 4.74 Å². The first-order chi connectivity index (χ1) is 5.69. The maximum atomic E-state index is 5.37. The summed E-state index contributed by atoms with van der Waals surface area (Å²) in [5.41, 5.74) is 2.58. The zero-order valence-electron chi connectivity index (χ0n) is 8.00. The van der Waals surface area contributed by atoms with Crippen molar-refractivity contribution in [3.63, 3.8) is 0 Å². The van der Waals surface area contributed by atoms with Crippen LogP contribution in [0.5, 0.6) is 0 Å². The molecule has 0 amide bonds. The molecule has 0 bridgehead atoms. The lowest BCUT2D eigenvalue weighted by Crippen LogP contribution is -2.23. The quantitative estimate of drug-likeness (QED) is 0.570. The fourth-order valence-corrected chi connectivity index (χ4v) is 1.72. The van der Waals surface area contributed by atoms with Gasteiger partial charge in [0, 0.05) is 13.0 Å². The smallest absolute Gasteiger partial charge is 0.0878 e. The minimum Gasteiger partial charge on any atom is -0.376 e. The van der Waals surface area contributed by atoms with Crippen molar-refractivity contribution in [2.24, 2.45) is 5.92 Å². The molecule has 1 heteroatoms. The maximum Gasteiger partial charge on any atom is 0.0878 e. The molecule has 1 nitrogen and oxygen atoms in total. The van der Waals surface area contributed by atoms with Gasteiger partial charge in [-0.2, -0.15) is 0 Å². The largest absolute Gasteiger partial charge is 0.376 e. The average molecular weight is 164 g/mol. The van der Waals surface area contributed by atoms with E-state index in [-0.39, 0.29) is 6.10 Å². The first-order valence-electron chi connectivity index (χ1n) is 4.21. The lowest BCUT2D eigenvalue weighted by atomic mass is 9.89. The number of rotatable bonds is 2. The molecule has 0 aromatic heterocycles. The normalized spacial score (nSPS) is 29.2. The molecular weight excluding hydrogens is 148 g/mol. The van der Waals surface area contributed by atoms with Gasteiger partial charge in [-0.25, -0.2) is 0 Å². The van der Waals surface area contributed by atoms with Crippen molar-refractivity contribution in [1.82, 2.24) is 0 Å². The molecule has 12 heavy (non-hydrogen) atoms. The van der Waals surface area contributed by atoms with E-state index >= 15 is 0 Å². The van der Waals surface area contributed by atoms with Crippen molar-refractivity contribution in [2.75, 3.05) is 7.11 Å². The molecule has 0 radical (unpaired) electrons. The van der Waals surface area contributed by atoms with Gasteiger partial charge in [-0.3, -0.25) is 0 Å². The van der Waals surface area contributed by atoms with Gasteiger partial charge in [0.2, 0.25) is 0 Å². The zero-order chi connectivity index (χ0) is 9.14. The van der Waals surface area contributed by atoms with E-state index in [1.54, 1.807) is 7.11 Å². The van der Waals surface area contributed by atoms with Crippen LogP contribution in [0.25, 0.3) is 0 Å². The number of methoxy groups -OCH3 is 1. The van der Waals surface area contributed by atoms with Crippen molar-refractivity contribution in [2.45, 2.75) is 20.0 Å². The Hall–Kier alpha value is -0.820. The van der Waals surface area contributed by atoms with Gasteiger partial charge in [0.15, 0.2) is 0 Å². The fraction of sp³-hybridized carbons (Fsp3) is 0.455. The Kier molecular flexibility index (Phi) is 2.88. The summed E-state index contributed by atoms with van der Waals surface area (Å²) in [6, 6.07) is 0. The van der Waals surface area contributed by atoms with E-state index in [1.165, 1.54) is 11.1 Å². The third kappa shape index (κ3) is 1.67. The second-order valence-electron chi connectivity index (χ2n) is 3.27. The summed E-state index contributed by atoms with van der Waals surface area (Å²) < 4.78 is 5.37. The summed E-state index contributed by atoms with van der Waals surface area (Å²) in [4.78, 5) is 0. The third-order valence-corrected chi connectivity index (χ3v) is 2.24. The van der Waals surface area contributed by atoms with Crippen molar-refractivity contribution >= 4 is 0 Å². The molecule has 0 aliphatic heterocycles. The van der Waals surface area contributed by atoms with Crippen LogP contribution >= 0.6 is 0 Å². The minimum absolute atomic E-state index is 0.186. The van der Waals surface area contributed by atoms with Crippen LogP contribution in [0.2, 0.25) is 0 Å². The summed E-state index contributed by atoms with van der Waals surface area (Å²) >= 11 is 0. The van der Waals surface area contributed by atoms with Crippen LogP contribution in [0.1, 0.15) is 13.8 Å². The summed E-state index contributed by atoms with van der Waals surface area (Å²) in [6.45, 7) is 8.00. The van der Waals surface area contributed by atoms with E-state index in [2.05, 4.69) is 32.6 Å². The Balaban J connectivity index is 2.90. The lowest BCUT2D eigenvalue weighted by molar-refractivity contribution is 0.110. The van der Waals surface area contributed by atoms with Crippen LogP contribution in [-0.4, -0.2) is 13.2 Å². The average Bonchev–Trinajstić information content (AvgIpc) is 2.03. The Labute approximate surface area is 74.4 Å². The van der Waals surface area contributed by atoms with Gasteiger partial charge in [-0.05, 0) is 19.4 Å². The molecule has 0 aromatic carbocycles. The molecule has 66 valence electrons. The standard InChI is InChI=1S/C11H16O/c1-5-10-7-8(2)6-9(3)11(10)12-4/h5-7,10-11H,1H2,2-4H3/t10-,11?/m0/s1. The van der Waals surface area contributed by atoms with Crippen molar-refractivity contribution in [3.05, 3.63) is 36.0 Å². The molecule has 0 spiro atoms. The van der Waals surface area contributed by atoms with E-state index in [9.17, 15) is 0 Å². The summed E-state index contributed by atoms with van der Waals surface area (Å²) in [6.07, 6.45) is 6.47. The highest BCUT2D eigenvalue weighted by Crippen LogP contribution is 2.25. The molecule has 0 N–H and O–H groups in total. The van der Waals surface area contributed by atoms with E-state index in [0.717, 1.165) is 0 Å². The Morgan fingerprint density at radius 1 is 1.50 bits per heavy atom. The van der Waals surface area contributed by atoms with Crippen molar-refractivity contribution in [3.8, 4) is 0 Å². The van der Waals surface area contributed by atoms with Crippen LogP contribution in [0.15, 0.2) is 36.0 Å². The Morgan fingerprint density at radius 2 is 2.17 bits per heavy atom. The first kappa shape index (κ1) is 9.27. The summed E-state index contributed by atoms with van der Waals surface area (Å²) in [5, 5.41) is 0. The molecule has 1 unspecified atom stereocenters. The van der Waals surface area contributed by atoms with Gasteiger partial charge >= 0.3 is 0 Å². The summed E-state index contributed by atoms with van der Waals surface area (Å²) in [7, 11) is 1.74. The molecule has 0 saturated heterocycles. The predicted molar refractivity (Wildman–Crippen MR) is 52.0 cm³/mol. The Bertz CT molecular complexity index is 235. The molecular formula is C11H16O. The predicted octanol–water partition coefficient (Wildman–Crippen LogP) is 2.71. The van der Waals surface area contributed by atoms with Gasteiger partial charge in [0.25, 0.3) is 0 Å². The second-order valence-corrected chi connectivity index (χ2v) is 3.27. The highest BCUT2D eigenvalue weighted by Gasteiger charge is 2.20. The molecule has 1 aliphatic rings. The molecule has 1 rings (SSSR count). The van der Waals surface area contributed by atoms with Crippen LogP contribution in [0, 0.1) is 5.92 Å². The molecule has 1 aliphatic carbocycles. The zero-order valence-corrected chi connectivity index (χ0v) is 8.00. The topological polar surface area (TPSA) is 9.23 Å². The monoisotopic (exact) mass is 164 g/mol. The molecule has 0 saturated carbocycles. The van der Waals surface area contributed by atoms with Gasteiger partial charge in [-0.15, -0.1) is 6.58 Å². The number of hydrogen-bond donors (Lipinski definition) is 0. The van der Waals surface area contributed by atoms with Crippen LogP contribution in [0.3, 0.4) is 0 Å². The van der Waals surface area contributed by atoms with E-state index in [0.29, 0.717) is 5.92 Å². The maximum absolute atomic E-state index is 5.37. The van der Waals surface area contributed by atoms with Crippen molar-refractivity contribution in [1.29, 1.82) is 0 Å². The number of hydrogen-bond acceptors (Lipinski definition) is 1. The first-order valence-corrected chi connectivity index (χ1v) is 4.21. The lowest BCUT2D eigenvalue weighted by Gasteiger charge is -2.25. The second kappa shape index (κ2) is 3.72. The summed E-state index contributed by atoms with van der Waals surface area (Å²) in [5.74, 6) is 0.333. The van der Waals surface area contributed by atoms with Crippen LogP contribution in [0.4, 0.5) is 0 Å². The molecule has 2 atom stereocenters. The molecule has 0 fully saturated rings. The molecule has 0 aromatic rings. The minimum atomic E-state index is 0.186. The number of ether oxygens (including phenoxy) is 1. The van der Waals surface area contributed by atoms with Crippen molar-refractivity contribution < 1.29 is 4.74 Å². The van der Waals surface area contributed by atoms with Crippen LogP contribution in [-0.2, 0) is 4.74 Å². The SMILES string of the molecule is C=C[C@H]1C=C(C)C=C(C)C1OC. The van der Waals surface area contributed by atoms with Gasteiger partial charge in [-0.1, -0.05) is 23.8 Å². The number of allylic oxidation sites excluding steroid dienone is 2.